The van der Waals surface area contributed by atoms with E-state index < -0.39 is 5.91 Å². The van der Waals surface area contributed by atoms with Crippen LogP contribution in [0.4, 0.5) is 0 Å². The summed E-state index contributed by atoms with van der Waals surface area (Å²) in [4.78, 5) is 27.2. The molecule has 9 heteroatoms. The van der Waals surface area contributed by atoms with Crippen molar-refractivity contribution in [2.45, 2.75) is 6.10 Å². The van der Waals surface area contributed by atoms with Gasteiger partial charge in [0.1, 0.15) is 24.0 Å². The largest absolute Gasteiger partial charge is 0.497 e. The standard InChI is InChI=1S/C28H24N4O5/c1-31-21-8-4-3-7-20(21)24-25(27(33)29-15-19-16-36-22-9-5-6-10-23(22)37-19)30-32(28(34)26(24)31)17-11-13-18(35-2)14-12-17/h3-14,19H,15-16H2,1-2H3,(H,29,33)/t19-/m1/s1. The Bertz CT molecular complexity index is 1700. The maximum absolute atomic E-state index is 13.7. The second-order valence-electron chi connectivity index (χ2n) is 8.77. The third-order valence-electron chi connectivity index (χ3n) is 6.53. The number of hydrogen-bond acceptors (Lipinski definition) is 6. The molecule has 2 aromatic heterocycles. The van der Waals surface area contributed by atoms with Gasteiger partial charge in [-0.2, -0.15) is 9.78 Å². The molecule has 1 aliphatic rings. The molecule has 3 heterocycles. The molecule has 0 fully saturated rings. The Hall–Kier alpha value is -4.79. The van der Waals surface area contributed by atoms with Gasteiger partial charge < -0.3 is 24.1 Å². The molecule has 1 atom stereocenters. The van der Waals surface area contributed by atoms with Crippen molar-refractivity contribution >= 4 is 27.7 Å². The highest BCUT2D eigenvalue weighted by molar-refractivity contribution is 6.16. The van der Waals surface area contributed by atoms with Crippen LogP contribution in [0, 0.1) is 0 Å². The minimum atomic E-state index is -0.411. The number of carbonyl (C=O) groups is 1. The van der Waals surface area contributed by atoms with Crippen LogP contribution < -0.4 is 25.1 Å². The summed E-state index contributed by atoms with van der Waals surface area (Å²) in [6, 6.07) is 21.9. The van der Waals surface area contributed by atoms with Crippen molar-refractivity contribution in [2.24, 2.45) is 7.05 Å². The quantitative estimate of drug-likeness (QED) is 0.400. The number of hydrogen-bond donors (Lipinski definition) is 1. The second-order valence-corrected chi connectivity index (χ2v) is 8.77. The van der Waals surface area contributed by atoms with Gasteiger partial charge >= 0.3 is 0 Å². The van der Waals surface area contributed by atoms with Gasteiger partial charge in [0.05, 0.1) is 19.3 Å². The maximum atomic E-state index is 13.7. The zero-order valence-corrected chi connectivity index (χ0v) is 20.3. The molecule has 1 N–H and O–H groups in total. The topological polar surface area (TPSA) is 96.6 Å². The predicted molar refractivity (Wildman–Crippen MR) is 139 cm³/mol. The number of fused-ring (bicyclic) bond motifs is 4. The van der Waals surface area contributed by atoms with E-state index >= 15 is 0 Å². The summed E-state index contributed by atoms with van der Waals surface area (Å²) in [5.74, 6) is 1.55. The predicted octanol–water partition coefficient (Wildman–Crippen LogP) is 3.46. The molecule has 1 amide bonds. The number of rotatable bonds is 5. The molecule has 0 radical (unpaired) electrons. The lowest BCUT2D eigenvalue weighted by molar-refractivity contribution is 0.0786. The van der Waals surface area contributed by atoms with Crippen molar-refractivity contribution in [1.29, 1.82) is 0 Å². The van der Waals surface area contributed by atoms with Gasteiger partial charge in [0.25, 0.3) is 11.5 Å². The lowest BCUT2D eigenvalue weighted by Gasteiger charge is -2.26. The zero-order valence-electron chi connectivity index (χ0n) is 20.3. The van der Waals surface area contributed by atoms with Crippen LogP contribution in [0.25, 0.3) is 27.5 Å². The summed E-state index contributed by atoms with van der Waals surface area (Å²) in [6.45, 7) is 0.516. The monoisotopic (exact) mass is 496 g/mol. The lowest BCUT2D eigenvalue weighted by atomic mass is 10.1. The third-order valence-corrected chi connectivity index (χ3v) is 6.53. The van der Waals surface area contributed by atoms with E-state index in [4.69, 9.17) is 14.2 Å². The average molecular weight is 497 g/mol. The van der Waals surface area contributed by atoms with Gasteiger partial charge in [-0.05, 0) is 42.5 Å². The van der Waals surface area contributed by atoms with Crippen LogP contribution in [0.5, 0.6) is 17.2 Å². The molecule has 0 saturated heterocycles. The number of aromatic nitrogens is 3. The van der Waals surface area contributed by atoms with Crippen LogP contribution in [0.1, 0.15) is 10.5 Å². The molecule has 0 unspecified atom stereocenters. The smallest absolute Gasteiger partial charge is 0.296 e. The molecule has 5 aromatic rings. The molecule has 186 valence electrons. The molecule has 0 saturated carbocycles. The normalized spacial score (nSPS) is 14.6. The van der Waals surface area contributed by atoms with Crippen LogP contribution in [0.15, 0.2) is 77.6 Å². The molecule has 0 aliphatic carbocycles. The van der Waals surface area contributed by atoms with E-state index in [9.17, 15) is 9.59 Å². The fourth-order valence-electron chi connectivity index (χ4n) is 4.69. The summed E-state index contributed by atoms with van der Waals surface area (Å²) in [6.07, 6.45) is -0.366. The van der Waals surface area contributed by atoms with Gasteiger partial charge in [0, 0.05) is 23.3 Å². The summed E-state index contributed by atoms with van der Waals surface area (Å²) < 4.78 is 20.1. The average Bonchev–Trinajstić information content (AvgIpc) is 3.25. The highest BCUT2D eigenvalue weighted by Crippen LogP contribution is 2.31. The van der Waals surface area contributed by atoms with Crippen LogP contribution in [-0.4, -0.2) is 46.6 Å². The highest BCUT2D eigenvalue weighted by Gasteiger charge is 2.26. The minimum Gasteiger partial charge on any atom is -0.497 e. The molecular formula is C28H24N4O5. The number of amides is 1. The summed E-state index contributed by atoms with van der Waals surface area (Å²) >= 11 is 0. The molecular weight excluding hydrogens is 472 g/mol. The van der Waals surface area contributed by atoms with Crippen molar-refractivity contribution in [3.05, 3.63) is 88.8 Å². The van der Waals surface area contributed by atoms with E-state index in [1.807, 2.05) is 55.6 Å². The first-order valence-electron chi connectivity index (χ1n) is 11.9. The fourth-order valence-corrected chi connectivity index (χ4v) is 4.69. The van der Waals surface area contributed by atoms with Crippen molar-refractivity contribution in [2.75, 3.05) is 20.3 Å². The SMILES string of the molecule is COc1ccc(-n2nc(C(=O)NC[C@@H]3COc4ccccc4O3)c3c4ccccc4n(C)c3c2=O)cc1. The summed E-state index contributed by atoms with van der Waals surface area (Å²) in [5, 5.41) is 8.78. The van der Waals surface area contributed by atoms with Crippen LogP contribution in [0.2, 0.25) is 0 Å². The Labute approximate surface area is 211 Å². The number of aryl methyl sites for hydroxylation is 1. The van der Waals surface area contributed by atoms with Crippen LogP contribution in [0.3, 0.4) is 0 Å². The van der Waals surface area contributed by atoms with Crippen molar-refractivity contribution < 1.29 is 19.0 Å². The van der Waals surface area contributed by atoms with Crippen molar-refractivity contribution in [3.8, 4) is 22.9 Å². The summed E-state index contributed by atoms with van der Waals surface area (Å²) in [7, 11) is 3.39. The number of para-hydroxylation sites is 3. The number of methoxy groups -OCH3 is 1. The van der Waals surface area contributed by atoms with Crippen LogP contribution in [-0.2, 0) is 7.05 Å². The number of carbonyl (C=O) groups excluding carboxylic acids is 1. The Morgan fingerprint density at radius 3 is 2.57 bits per heavy atom. The molecule has 0 spiro atoms. The maximum Gasteiger partial charge on any atom is 0.296 e. The first-order chi connectivity index (χ1) is 18.0. The Kier molecular flexibility index (Phi) is 5.52. The van der Waals surface area contributed by atoms with Gasteiger partial charge in [0.2, 0.25) is 0 Å². The Balaban J connectivity index is 1.42. The number of ether oxygens (including phenoxy) is 3. The van der Waals surface area contributed by atoms with Gasteiger partial charge in [0.15, 0.2) is 17.2 Å². The van der Waals surface area contributed by atoms with E-state index in [0.717, 1.165) is 10.9 Å². The van der Waals surface area contributed by atoms with Gasteiger partial charge in [-0.3, -0.25) is 9.59 Å². The Morgan fingerprint density at radius 1 is 1.05 bits per heavy atom. The van der Waals surface area contributed by atoms with E-state index in [0.29, 0.717) is 40.4 Å². The van der Waals surface area contributed by atoms with Crippen molar-refractivity contribution in [1.82, 2.24) is 19.7 Å². The van der Waals surface area contributed by atoms with E-state index in [1.54, 1.807) is 35.9 Å². The van der Waals surface area contributed by atoms with E-state index in [-0.39, 0.29) is 23.9 Å². The molecule has 3 aromatic carbocycles. The highest BCUT2D eigenvalue weighted by atomic mass is 16.6. The van der Waals surface area contributed by atoms with E-state index in [2.05, 4.69) is 10.4 Å². The fraction of sp³-hybridized carbons (Fsp3) is 0.179. The molecule has 1 aliphatic heterocycles. The molecule has 0 bridgehead atoms. The molecule has 37 heavy (non-hydrogen) atoms. The molecule has 6 rings (SSSR count). The first-order valence-corrected chi connectivity index (χ1v) is 11.9. The van der Waals surface area contributed by atoms with Gasteiger partial charge in [-0.1, -0.05) is 30.3 Å². The lowest BCUT2D eigenvalue weighted by Crippen LogP contribution is -2.41. The second kappa shape index (κ2) is 9.02. The number of benzene rings is 3. The molecule has 9 nitrogen and oxygen atoms in total. The van der Waals surface area contributed by atoms with Crippen LogP contribution >= 0.6 is 0 Å². The first kappa shape index (κ1) is 22.7. The van der Waals surface area contributed by atoms with Crippen molar-refractivity contribution in [3.63, 3.8) is 0 Å². The third kappa shape index (κ3) is 3.85. The van der Waals surface area contributed by atoms with Gasteiger partial charge in [-0.15, -0.1) is 0 Å². The Morgan fingerprint density at radius 2 is 1.78 bits per heavy atom. The minimum absolute atomic E-state index is 0.152. The van der Waals surface area contributed by atoms with Gasteiger partial charge in [-0.25, -0.2) is 0 Å². The number of nitrogens with one attached hydrogen (secondary N) is 1. The van der Waals surface area contributed by atoms with E-state index in [1.165, 1.54) is 4.68 Å². The number of nitrogens with zero attached hydrogens (tertiary/aromatic N) is 3. The zero-order chi connectivity index (χ0) is 25.5. The summed E-state index contributed by atoms with van der Waals surface area (Å²) in [5.41, 5.74) is 1.57.